The van der Waals surface area contributed by atoms with Gasteiger partial charge < -0.3 is 34.2 Å². The molecule has 4 N–H and O–H groups in total. The number of aliphatic hydroxyl groups excluding tert-OH is 2. The molecule has 0 aromatic heterocycles. The van der Waals surface area contributed by atoms with E-state index in [1.54, 1.807) is 0 Å². The van der Waals surface area contributed by atoms with Gasteiger partial charge >= 0.3 is 33.6 Å². The molecule has 0 heterocycles. The van der Waals surface area contributed by atoms with E-state index in [1.807, 2.05) is 0 Å². The van der Waals surface area contributed by atoms with Crippen LogP contribution in [-0.4, -0.2) is 95.9 Å². The molecule has 107 heavy (non-hydrogen) atoms. The fraction of sp³-hybridized carbons (Fsp3) is 0.652. The lowest BCUT2D eigenvalue weighted by Gasteiger charge is -2.21. The molecule has 0 aromatic rings. The molecule has 0 rings (SSSR count). The Morgan fingerprint density at radius 3 is 0.738 bits per heavy atom. The number of unbranched alkanes of at least 4 members (excludes halogenated alkanes) is 26. The van der Waals surface area contributed by atoms with Gasteiger partial charge in [0.15, 0.2) is 6.10 Å². The Hall–Kier alpha value is -5.09. The van der Waals surface area contributed by atoms with E-state index in [0.717, 1.165) is 199 Å². The molecule has 610 valence electrons. The summed E-state index contributed by atoms with van der Waals surface area (Å²) in [7, 11) is -9.81. The van der Waals surface area contributed by atoms with Gasteiger partial charge in [-0.15, -0.1) is 0 Å². The zero-order valence-electron chi connectivity index (χ0n) is 66.7. The summed E-state index contributed by atoms with van der Waals surface area (Å²) in [4.78, 5) is 58.8. The summed E-state index contributed by atoms with van der Waals surface area (Å²) in [6, 6.07) is 0. The summed E-state index contributed by atoms with van der Waals surface area (Å²) < 4.78 is 61.3. The first-order valence-corrected chi connectivity index (χ1v) is 44.4. The number of allylic oxidation sites excluding steroid dienone is 28. The molecule has 5 atom stereocenters. The number of carbonyl (C=O) groups is 3. The second kappa shape index (κ2) is 80.4. The van der Waals surface area contributed by atoms with Crippen molar-refractivity contribution in [1.29, 1.82) is 0 Å². The van der Waals surface area contributed by atoms with Gasteiger partial charge in [0.2, 0.25) is 0 Å². The zero-order valence-corrected chi connectivity index (χ0v) is 68.5. The number of phosphoric ester groups is 2. The average molecular weight is 1540 g/mol. The number of ether oxygens (including phenoxy) is 3. The summed E-state index contributed by atoms with van der Waals surface area (Å²) in [5.74, 6) is -1.60. The zero-order chi connectivity index (χ0) is 78.0. The third-order valence-electron chi connectivity index (χ3n) is 16.9. The van der Waals surface area contributed by atoms with Crippen LogP contribution in [0.25, 0.3) is 0 Å². The van der Waals surface area contributed by atoms with Crippen LogP contribution in [0.1, 0.15) is 316 Å². The predicted octanol–water partition coefficient (Wildman–Crippen LogP) is 24.8. The van der Waals surface area contributed by atoms with Crippen molar-refractivity contribution >= 4 is 33.6 Å². The minimum atomic E-state index is -4.94. The highest BCUT2D eigenvalue weighted by atomic mass is 31.2. The van der Waals surface area contributed by atoms with Crippen LogP contribution in [0.4, 0.5) is 0 Å². The maximum Gasteiger partial charge on any atom is 0.472 e. The molecular weight excluding hydrogens is 1390 g/mol. The molecule has 16 nitrogen and oxygen atoms in total. The molecule has 0 aliphatic rings. The molecule has 0 bridgehead atoms. The Morgan fingerprint density at radius 1 is 0.262 bits per heavy atom. The van der Waals surface area contributed by atoms with Crippen molar-refractivity contribution in [3.05, 3.63) is 170 Å². The monoisotopic (exact) mass is 1540 g/mol. The molecule has 0 radical (unpaired) electrons. The lowest BCUT2D eigenvalue weighted by molar-refractivity contribution is -0.161. The SMILES string of the molecule is CC/C=C\C/C=C\C/C=C\C/C=C\C/C=C\C/C=C\CCCCCCCCCCC(=O)OCC(O)COP(=O)(O)OCC(O)COP(=O)(O)OCC(COC(=O)CCCCCCCCCCCCC/C=C\C/C=C\C/C=C\C/C=C\C/C=C\CC)OC(=O)CCCCCCCCC/C=C\C/C=C\C/C=C\CC. The average Bonchev–Trinajstić information content (AvgIpc) is 0.908. The van der Waals surface area contributed by atoms with E-state index >= 15 is 0 Å². The molecule has 0 fully saturated rings. The van der Waals surface area contributed by atoms with Crippen LogP contribution in [0.5, 0.6) is 0 Å². The number of hydrogen-bond acceptors (Lipinski definition) is 14. The summed E-state index contributed by atoms with van der Waals surface area (Å²) in [6.07, 6.45) is 102. The second-order valence-electron chi connectivity index (χ2n) is 27.1. The van der Waals surface area contributed by atoms with E-state index < -0.39 is 91.5 Å². The number of rotatable bonds is 77. The van der Waals surface area contributed by atoms with Crippen molar-refractivity contribution in [2.45, 2.75) is 334 Å². The van der Waals surface area contributed by atoms with Crippen molar-refractivity contribution in [3.8, 4) is 0 Å². The van der Waals surface area contributed by atoms with Crippen molar-refractivity contribution in [3.63, 3.8) is 0 Å². The molecule has 0 spiro atoms. The highest BCUT2D eigenvalue weighted by Crippen LogP contribution is 2.45. The van der Waals surface area contributed by atoms with Gasteiger partial charge in [-0.05, 0) is 148 Å². The van der Waals surface area contributed by atoms with E-state index in [-0.39, 0.29) is 19.3 Å². The van der Waals surface area contributed by atoms with Crippen molar-refractivity contribution in [2.24, 2.45) is 0 Å². The van der Waals surface area contributed by atoms with Crippen molar-refractivity contribution in [2.75, 3.05) is 39.6 Å². The van der Waals surface area contributed by atoms with Crippen molar-refractivity contribution < 1.29 is 75.8 Å². The minimum Gasteiger partial charge on any atom is -0.463 e. The van der Waals surface area contributed by atoms with Gasteiger partial charge in [0.25, 0.3) is 0 Å². The van der Waals surface area contributed by atoms with E-state index in [2.05, 4.69) is 191 Å². The summed E-state index contributed by atoms with van der Waals surface area (Å²) in [6.45, 7) is 2.33. The largest absolute Gasteiger partial charge is 0.472 e. The molecule has 18 heteroatoms. The standard InChI is InChI=1S/C89H148O16P2/c1-4-7-10-13-16-19-22-25-28-31-33-35-37-39-41-43-45-47-49-52-54-57-60-63-66-69-72-75-87(92)99-78-84(90)79-101-106(95,96)102-80-85(91)81-103-107(97,98)104-83-86(105-89(94)77-74-71-68-65-62-59-56-51-30-27-24-21-18-15-12-9-6-3)82-100-88(93)76-73-70-67-64-61-58-55-53-50-48-46-44-42-40-38-36-34-32-29-26-23-20-17-14-11-8-5-2/h7-12,16-21,25-30,33-36,39-42,45,47,84-86,90-91H,4-6,13-15,22-24,31-32,37-38,43-44,46,48-83H2,1-3H3,(H,95,96)(H,97,98)/b10-7-,11-8-,12-9-,19-16-,20-17-,21-18-,28-25-,29-26-,30-27-,35-33-,36-34-,41-39-,42-40-,47-45-. The van der Waals surface area contributed by atoms with Gasteiger partial charge in [-0.1, -0.05) is 319 Å². The number of esters is 3. The van der Waals surface area contributed by atoms with Crippen LogP contribution >= 0.6 is 15.6 Å². The number of hydrogen-bond donors (Lipinski definition) is 4. The predicted molar refractivity (Wildman–Crippen MR) is 445 cm³/mol. The second-order valence-corrected chi connectivity index (χ2v) is 30.0. The fourth-order valence-corrected chi connectivity index (χ4v) is 12.3. The molecule has 0 amide bonds. The normalized spacial score (nSPS) is 14.8. The topological polar surface area (TPSA) is 231 Å². The fourth-order valence-electron chi connectivity index (χ4n) is 10.7. The first kappa shape index (κ1) is 102. The molecule has 0 aliphatic heterocycles. The summed E-state index contributed by atoms with van der Waals surface area (Å²) >= 11 is 0. The molecule has 0 aliphatic carbocycles. The maximum atomic E-state index is 13.0. The summed E-state index contributed by atoms with van der Waals surface area (Å²) in [5, 5.41) is 20.7. The third-order valence-corrected chi connectivity index (χ3v) is 18.8. The van der Waals surface area contributed by atoms with Gasteiger partial charge in [0.05, 0.1) is 26.4 Å². The van der Waals surface area contributed by atoms with Crippen LogP contribution < -0.4 is 0 Å². The number of carbonyl (C=O) groups excluding carboxylic acids is 3. The Kier molecular flexibility index (Phi) is 76.6. The van der Waals surface area contributed by atoms with E-state index in [1.165, 1.54) is 57.8 Å². The first-order chi connectivity index (χ1) is 52.2. The molecule has 0 saturated heterocycles. The lowest BCUT2D eigenvalue weighted by atomic mass is 10.0. The third kappa shape index (κ3) is 81.7. The molecule has 5 unspecified atom stereocenters. The first-order valence-electron chi connectivity index (χ1n) is 41.4. The Morgan fingerprint density at radius 2 is 0.467 bits per heavy atom. The maximum absolute atomic E-state index is 13.0. The quantitative estimate of drug-likeness (QED) is 0.0146. The van der Waals surface area contributed by atoms with Gasteiger partial charge in [-0.25, -0.2) is 9.13 Å². The van der Waals surface area contributed by atoms with Gasteiger partial charge in [-0.2, -0.15) is 0 Å². The van der Waals surface area contributed by atoms with Gasteiger partial charge in [-0.3, -0.25) is 32.5 Å². The van der Waals surface area contributed by atoms with Crippen LogP contribution in [0.15, 0.2) is 170 Å². The van der Waals surface area contributed by atoms with E-state index in [4.69, 9.17) is 32.3 Å². The Bertz CT molecular complexity index is 2620. The van der Waals surface area contributed by atoms with Crippen LogP contribution in [0.2, 0.25) is 0 Å². The van der Waals surface area contributed by atoms with Crippen LogP contribution in [0, 0.1) is 0 Å². The highest BCUT2D eigenvalue weighted by Gasteiger charge is 2.29. The van der Waals surface area contributed by atoms with E-state index in [9.17, 15) is 43.5 Å². The number of aliphatic hydroxyl groups is 2. The van der Waals surface area contributed by atoms with Crippen LogP contribution in [0.3, 0.4) is 0 Å². The Balaban J connectivity index is 4.62. The number of phosphoric acid groups is 2. The lowest BCUT2D eigenvalue weighted by Crippen LogP contribution is -2.30. The van der Waals surface area contributed by atoms with Crippen molar-refractivity contribution in [1.82, 2.24) is 0 Å². The minimum absolute atomic E-state index is 0.0880. The van der Waals surface area contributed by atoms with Crippen LogP contribution in [-0.2, 0) is 55.8 Å². The smallest absolute Gasteiger partial charge is 0.463 e. The Labute approximate surface area is 650 Å². The summed E-state index contributed by atoms with van der Waals surface area (Å²) in [5.41, 5.74) is 0. The van der Waals surface area contributed by atoms with E-state index in [0.29, 0.717) is 19.3 Å². The molecule has 0 aromatic carbocycles. The highest BCUT2D eigenvalue weighted by molar-refractivity contribution is 7.47. The van der Waals surface area contributed by atoms with Gasteiger partial charge in [0, 0.05) is 19.3 Å². The molecular formula is C89H148O16P2. The molecule has 0 saturated carbocycles. The van der Waals surface area contributed by atoms with Gasteiger partial charge in [0.1, 0.15) is 25.4 Å².